The molecule has 2 aromatic carbocycles. The summed E-state index contributed by atoms with van der Waals surface area (Å²) in [6.45, 7) is 5.14. The molecule has 0 aliphatic carbocycles. The van der Waals surface area contributed by atoms with E-state index < -0.39 is 0 Å². The van der Waals surface area contributed by atoms with E-state index in [0.717, 1.165) is 17.1 Å². The molecule has 0 spiro atoms. The van der Waals surface area contributed by atoms with Crippen molar-refractivity contribution in [3.05, 3.63) is 64.7 Å². The third-order valence-electron chi connectivity index (χ3n) is 3.44. The van der Waals surface area contributed by atoms with Crippen LogP contribution in [0.2, 0.25) is 0 Å². The first-order valence-corrected chi connectivity index (χ1v) is 7.68. The highest BCUT2D eigenvalue weighted by Crippen LogP contribution is 2.22. The lowest BCUT2D eigenvalue weighted by atomic mass is 10.1. The first-order valence-electron chi connectivity index (χ1n) is 6.87. The van der Waals surface area contributed by atoms with E-state index in [4.69, 9.17) is 0 Å². The van der Waals surface area contributed by atoms with Gasteiger partial charge in [0.1, 0.15) is 5.01 Å². The Hall–Kier alpha value is -1.71. The molecule has 1 heterocycles. The summed E-state index contributed by atoms with van der Waals surface area (Å²) in [5.41, 5.74) is 3.72. The molecule has 1 atom stereocenters. The number of hydrogen-bond donors (Lipinski definition) is 1. The highest BCUT2D eigenvalue weighted by atomic mass is 32.1. The van der Waals surface area contributed by atoms with Crippen LogP contribution in [-0.4, -0.2) is 4.98 Å². The molecule has 1 aromatic heterocycles. The molecule has 0 fully saturated rings. The summed E-state index contributed by atoms with van der Waals surface area (Å²) in [7, 11) is 0. The average Bonchev–Trinajstić information content (AvgIpc) is 2.87. The van der Waals surface area contributed by atoms with Crippen LogP contribution in [0.15, 0.2) is 48.5 Å². The number of nitrogens with one attached hydrogen (secondary N) is 1. The molecule has 0 bridgehead atoms. The number of rotatable bonds is 4. The summed E-state index contributed by atoms with van der Waals surface area (Å²) in [5, 5.41) is 4.70. The van der Waals surface area contributed by atoms with E-state index in [0.29, 0.717) is 6.04 Å². The molecule has 3 aromatic rings. The maximum Gasteiger partial charge on any atom is 0.108 e. The molecule has 0 aliphatic heterocycles. The van der Waals surface area contributed by atoms with Crippen molar-refractivity contribution in [2.75, 3.05) is 0 Å². The van der Waals surface area contributed by atoms with Crippen LogP contribution < -0.4 is 5.32 Å². The fourth-order valence-electron chi connectivity index (χ4n) is 2.29. The van der Waals surface area contributed by atoms with Gasteiger partial charge in [0.15, 0.2) is 0 Å². The monoisotopic (exact) mass is 282 g/mol. The largest absolute Gasteiger partial charge is 0.304 e. The Balaban J connectivity index is 1.69. The second-order valence-electron chi connectivity index (χ2n) is 5.09. The summed E-state index contributed by atoms with van der Waals surface area (Å²) >= 11 is 1.76. The number of aromatic nitrogens is 1. The molecule has 0 radical (unpaired) electrons. The maximum atomic E-state index is 4.65. The SMILES string of the molecule is Cc1cccc([C@@H](C)NCc2nc3ccccc3s2)c1. The van der Waals surface area contributed by atoms with Gasteiger partial charge in [-0.05, 0) is 31.5 Å². The summed E-state index contributed by atoms with van der Waals surface area (Å²) in [4.78, 5) is 4.65. The molecular weight excluding hydrogens is 264 g/mol. The van der Waals surface area contributed by atoms with E-state index in [-0.39, 0.29) is 0 Å². The number of aryl methyl sites for hydroxylation is 1. The van der Waals surface area contributed by atoms with Gasteiger partial charge in [-0.3, -0.25) is 0 Å². The van der Waals surface area contributed by atoms with Crippen LogP contribution >= 0.6 is 11.3 Å². The molecule has 0 saturated carbocycles. The molecule has 20 heavy (non-hydrogen) atoms. The van der Waals surface area contributed by atoms with E-state index in [1.54, 1.807) is 11.3 Å². The zero-order valence-corrected chi connectivity index (χ0v) is 12.6. The first kappa shape index (κ1) is 13.3. The minimum absolute atomic E-state index is 0.335. The van der Waals surface area contributed by atoms with Gasteiger partial charge < -0.3 is 5.32 Å². The van der Waals surface area contributed by atoms with E-state index in [1.807, 2.05) is 6.07 Å². The molecular formula is C17H18N2S. The maximum absolute atomic E-state index is 4.65. The van der Waals surface area contributed by atoms with E-state index in [9.17, 15) is 0 Å². The lowest BCUT2D eigenvalue weighted by Gasteiger charge is -2.13. The second-order valence-corrected chi connectivity index (χ2v) is 6.21. The van der Waals surface area contributed by atoms with Gasteiger partial charge >= 0.3 is 0 Å². The molecule has 102 valence electrons. The molecule has 3 rings (SSSR count). The fourth-order valence-corrected chi connectivity index (χ4v) is 3.21. The van der Waals surface area contributed by atoms with Crippen molar-refractivity contribution in [1.82, 2.24) is 10.3 Å². The van der Waals surface area contributed by atoms with Gasteiger partial charge in [-0.2, -0.15) is 0 Å². The van der Waals surface area contributed by atoms with Gasteiger partial charge in [0.05, 0.1) is 10.2 Å². The van der Waals surface area contributed by atoms with Crippen LogP contribution in [0, 0.1) is 6.92 Å². The average molecular weight is 282 g/mol. The Morgan fingerprint density at radius 3 is 2.80 bits per heavy atom. The van der Waals surface area contributed by atoms with Crippen molar-refractivity contribution in [2.45, 2.75) is 26.4 Å². The Bertz CT molecular complexity index is 685. The number of thiazole rings is 1. The standard InChI is InChI=1S/C17H18N2S/c1-12-6-5-7-14(10-12)13(2)18-11-17-19-15-8-3-4-9-16(15)20-17/h3-10,13,18H,11H2,1-2H3/t13-/m1/s1. The smallest absolute Gasteiger partial charge is 0.108 e. The molecule has 2 nitrogen and oxygen atoms in total. The molecule has 1 N–H and O–H groups in total. The number of hydrogen-bond acceptors (Lipinski definition) is 3. The third-order valence-corrected chi connectivity index (χ3v) is 4.48. The third kappa shape index (κ3) is 2.89. The lowest BCUT2D eigenvalue weighted by molar-refractivity contribution is 0.573. The highest BCUT2D eigenvalue weighted by Gasteiger charge is 2.07. The molecule has 3 heteroatoms. The fraction of sp³-hybridized carbons (Fsp3) is 0.235. The zero-order chi connectivity index (χ0) is 13.9. The van der Waals surface area contributed by atoms with Crippen LogP contribution in [0.1, 0.15) is 29.1 Å². The van der Waals surface area contributed by atoms with Crippen molar-refractivity contribution in [3.63, 3.8) is 0 Å². The summed E-state index contributed by atoms with van der Waals surface area (Å²) in [6.07, 6.45) is 0. The Labute approximate surface area is 123 Å². The van der Waals surface area contributed by atoms with E-state index >= 15 is 0 Å². The Morgan fingerprint density at radius 2 is 2.00 bits per heavy atom. The Morgan fingerprint density at radius 1 is 1.15 bits per heavy atom. The summed E-state index contributed by atoms with van der Waals surface area (Å²) in [5.74, 6) is 0. The first-order chi connectivity index (χ1) is 9.72. The number of benzene rings is 2. The van der Waals surface area contributed by atoms with Crippen molar-refractivity contribution in [2.24, 2.45) is 0 Å². The van der Waals surface area contributed by atoms with Crippen LogP contribution in [0.4, 0.5) is 0 Å². The van der Waals surface area contributed by atoms with Crippen molar-refractivity contribution in [1.29, 1.82) is 0 Å². The van der Waals surface area contributed by atoms with Crippen LogP contribution in [-0.2, 0) is 6.54 Å². The van der Waals surface area contributed by atoms with Crippen LogP contribution in [0.5, 0.6) is 0 Å². The van der Waals surface area contributed by atoms with Gasteiger partial charge in [-0.1, -0.05) is 42.0 Å². The van der Waals surface area contributed by atoms with Gasteiger partial charge in [0.25, 0.3) is 0 Å². The molecule has 0 aliphatic rings. The summed E-state index contributed by atoms with van der Waals surface area (Å²) < 4.78 is 1.26. The zero-order valence-electron chi connectivity index (χ0n) is 11.8. The number of nitrogens with zero attached hydrogens (tertiary/aromatic N) is 1. The minimum Gasteiger partial charge on any atom is -0.304 e. The topological polar surface area (TPSA) is 24.9 Å². The van der Waals surface area contributed by atoms with Crippen LogP contribution in [0.25, 0.3) is 10.2 Å². The minimum atomic E-state index is 0.335. The van der Waals surface area contributed by atoms with Gasteiger partial charge in [0, 0.05) is 12.6 Å². The van der Waals surface area contributed by atoms with Crippen molar-refractivity contribution < 1.29 is 0 Å². The Kier molecular flexibility index (Phi) is 3.81. The van der Waals surface area contributed by atoms with Crippen molar-refractivity contribution >= 4 is 21.6 Å². The second kappa shape index (κ2) is 5.73. The van der Waals surface area contributed by atoms with Crippen LogP contribution in [0.3, 0.4) is 0 Å². The van der Waals surface area contributed by atoms with Gasteiger partial charge in [-0.15, -0.1) is 11.3 Å². The van der Waals surface area contributed by atoms with Gasteiger partial charge in [-0.25, -0.2) is 4.98 Å². The molecule has 0 amide bonds. The predicted molar refractivity (Wildman–Crippen MR) is 86.1 cm³/mol. The summed E-state index contributed by atoms with van der Waals surface area (Å²) in [6, 6.07) is 17.3. The van der Waals surface area contributed by atoms with E-state index in [2.05, 4.69) is 66.6 Å². The quantitative estimate of drug-likeness (QED) is 0.764. The van der Waals surface area contributed by atoms with Gasteiger partial charge in [0.2, 0.25) is 0 Å². The van der Waals surface area contributed by atoms with Crippen molar-refractivity contribution in [3.8, 4) is 0 Å². The lowest BCUT2D eigenvalue weighted by Crippen LogP contribution is -2.17. The van der Waals surface area contributed by atoms with E-state index in [1.165, 1.54) is 15.8 Å². The number of para-hydroxylation sites is 1. The predicted octanol–water partition coefficient (Wildman–Crippen LogP) is 4.46. The number of fused-ring (bicyclic) bond motifs is 1. The normalized spacial score (nSPS) is 12.7. The molecule has 0 saturated heterocycles. The highest BCUT2D eigenvalue weighted by molar-refractivity contribution is 7.18. The molecule has 0 unspecified atom stereocenters.